The number of fused-ring (bicyclic) bond motifs is 5. The Bertz CT molecular complexity index is 769. The van der Waals surface area contributed by atoms with E-state index in [1.54, 1.807) is 0 Å². The molecular weight excluding hydrogens is 417 g/mol. The van der Waals surface area contributed by atoms with E-state index in [-0.39, 0.29) is 28.7 Å². The van der Waals surface area contributed by atoms with Crippen LogP contribution in [0.25, 0.3) is 0 Å². The lowest BCUT2D eigenvalue weighted by Crippen LogP contribution is -2.61. The molecule has 2 amide bonds. The third kappa shape index (κ3) is 3.56. The third-order valence-electron chi connectivity index (χ3n) is 10.2. The van der Waals surface area contributed by atoms with Gasteiger partial charge < -0.3 is 10.2 Å². The average Bonchev–Trinajstić information content (AvgIpc) is 3.05. The summed E-state index contributed by atoms with van der Waals surface area (Å²) in [7, 11) is 1.94. The normalized spacial score (nSPS) is 42.8. The second-order valence-electron chi connectivity index (χ2n) is 11.9. The Hall–Kier alpha value is -1.27. The van der Waals surface area contributed by atoms with Gasteiger partial charge in [-0.15, -0.1) is 0 Å². The zero-order chi connectivity index (χ0) is 23.6. The topological polar surface area (TPSA) is 49.4 Å². The zero-order valence-corrected chi connectivity index (χ0v) is 20.1. The van der Waals surface area contributed by atoms with Crippen LogP contribution < -0.4 is 5.32 Å². The zero-order valence-electron chi connectivity index (χ0n) is 20.1. The van der Waals surface area contributed by atoms with E-state index in [1.807, 2.05) is 11.9 Å². The van der Waals surface area contributed by atoms with Gasteiger partial charge in [-0.25, -0.2) is 0 Å². The molecule has 182 valence electrons. The Morgan fingerprint density at radius 1 is 1.03 bits per heavy atom. The minimum absolute atomic E-state index is 0.103. The molecule has 0 radical (unpaired) electrons. The molecule has 4 nitrogen and oxygen atoms in total. The predicted molar refractivity (Wildman–Crippen MR) is 116 cm³/mol. The van der Waals surface area contributed by atoms with Crippen LogP contribution in [0, 0.1) is 40.4 Å². The molecular formula is C25H39F3N2O2. The Labute approximate surface area is 190 Å². The van der Waals surface area contributed by atoms with Crippen molar-refractivity contribution < 1.29 is 22.8 Å². The predicted octanol–water partition coefficient (Wildman–Crippen LogP) is 5.17. The number of carbonyl (C=O) groups is 2. The van der Waals surface area contributed by atoms with E-state index in [2.05, 4.69) is 19.2 Å². The molecule has 1 heterocycles. The van der Waals surface area contributed by atoms with Gasteiger partial charge in [0.2, 0.25) is 11.8 Å². The van der Waals surface area contributed by atoms with Crippen LogP contribution in [0.3, 0.4) is 0 Å². The van der Waals surface area contributed by atoms with E-state index in [0.717, 1.165) is 38.5 Å². The van der Waals surface area contributed by atoms with E-state index in [9.17, 15) is 22.8 Å². The largest absolute Gasteiger partial charge is 0.408 e. The molecule has 7 heteroatoms. The highest BCUT2D eigenvalue weighted by molar-refractivity contribution is 5.80. The van der Waals surface area contributed by atoms with Crippen molar-refractivity contribution in [3.05, 3.63) is 0 Å². The maximum Gasteiger partial charge on any atom is 0.408 e. The standard InChI is InChI=1S/C25H39F3N2O2/c1-14(2)21(25(26,27)28)29-22(32)18-8-7-16-15-6-9-19-24(4,13-11-20(31)30(19)5)17(15)10-12-23(16,18)3/h14-19,21H,6-13H2,1-5H3,(H,29,32)/t15-,16-,17-,18+,19+,21?,23-,24+/m0/s1. The summed E-state index contributed by atoms with van der Waals surface area (Å²) in [5.74, 6) is 0.189. The summed E-state index contributed by atoms with van der Waals surface area (Å²) in [6, 6.07) is -1.51. The van der Waals surface area contributed by atoms with Crippen molar-refractivity contribution in [1.29, 1.82) is 0 Å². The monoisotopic (exact) mass is 456 g/mol. The highest BCUT2D eigenvalue weighted by Gasteiger charge is 2.62. The minimum atomic E-state index is -4.43. The first-order valence-corrected chi connectivity index (χ1v) is 12.4. The highest BCUT2D eigenvalue weighted by atomic mass is 19.4. The Balaban J connectivity index is 1.53. The van der Waals surface area contributed by atoms with Crippen LogP contribution in [0.2, 0.25) is 0 Å². The van der Waals surface area contributed by atoms with Crippen LogP contribution >= 0.6 is 0 Å². The molecule has 0 bridgehead atoms. The molecule has 3 saturated carbocycles. The maximum absolute atomic E-state index is 13.5. The van der Waals surface area contributed by atoms with Crippen LogP contribution in [0.15, 0.2) is 0 Å². The summed E-state index contributed by atoms with van der Waals surface area (Å²) in [5.41, 5.74) is -0.135. The Morgan fingerprint density at radius 3 is 2.31 bits per heavy atom. The number of rotatable bonds is 3. The quantitative estimate of drug-likeness (QED) is 0.637. The molecule has 0 aromatic carbocycles. The summed E-state index contributed by atoms with van der Waals surface area (Å²) < 4.78 is 40.5. The summed E-state index contributed by atoms with van der Waals surface area (Å²) in [6.07, 6.45) is 2.63. The molecule has 1 aliphatic heterocycles. The first-order chi connectivity index (χ1) is 14.8. The molecule has 4 rings (SSSR count). The third-order valence-corrected chi connectivity index (χ3v) is 10.2. The van der Waals surface area contributed by atoms with Gasteiger partial charge in [0.05, 0.1) is 0 Å². The van der Waals surface area contributed by atoms with E-state index < -0.39 is 24.0 Å². The van der Waals surface area contributed by atoms with Crippen LogP contribution in [0.5, 0.6) is 0 Å². The number of likely N-dealkylation sites (tertiary alicyclic amines) is 1. The SMILES string of the molecule is CC(C)C(NC(=O)[C@H]1CC[C@H]2[C@@H]3CC[C@H]4N(C)C(=O)CC[C@]4(C)[C@H]3CC[C@]12C)C(F)(F)F. The first-order valence-electron chi connectivity index (χ1n) is 12.4. The highest BCUT2D eigenvalue weighted by Crippen LogP contribution is 2.66. The number of carbonyl (C=O) groups excluding carboxylic acids is 2. The number of amides is 2. The fraction of sp³-hybridized carbons (Fsp3) is 0.920. The molecule has 8 atom stereocenters. The molecule has 4 aliphatic rings. The number of hydrogen-bond acceptors (Lipinski definition) is 2. The van der Waals surface area contributed by atoms with Crippen molar-refractivity contribution in [2.24, 2.45) is 40.4 Å². The molecule has 0 aromatic heterocycles. The molecule has 1 N–H and O–H groups in total. The lowest BCUT2D eigenvalue weighted by Gasteiger charge is -2.61. The molecule has 0 spiro atoms. The fourth-order valence-corrected chi connectivity index (χ4v) is 8.46. The summed E-state index contributed by atoms with van der Waals surface area (Å²) in [5, 5.41) is 2.38. The van der Waals surface area contributed by atoms with Crippen LogP contribution in [-0.2, 0) is 9.59 Å². The van der Waals surface area contributed by atoms with Crippen LogP contribution in [0.1, 0.15) is 79.1 Å². The van der Waals surface area contributed by atoms with Crippen molar-refractivity contribution in [3.63, 3.8) is 0 Å². The van der Waals surface area contributed by atoms with E-state index in [4.69, 9.17) is 0 Å². The number of nitrogens with one attached hydrogen (secondary N) is 1. The van der Waals surface area contributed by atoms with Gasteiger partial charge in [0, 0.05) is 25.4 Å². The number of halogens is 3. The Kier molecular flexibility index (Phi) is 5.89. The van der Waals surface area contributed by atoms with Crippen LogP contribution in [0.4, 0.5) is 13.2 Å². The Morgan fingerprint density at radius 2 is 1.69 bits per heavy atom. The summed E-state index contributed by atoms with van der Waals surface area (Å²) in [4.78, 5) is 27.4. The van der Waals surface area contributed by atoms with E-state index in [1.165, 1.54) is 13.8 Å². The van der Waals surface area contributed by atoms with Gasteiger partial charge in [0.25, 0.3) is 0 Å². The molecule has 1 unspecified atom stereocenters. The molecule has 1 saturated heterocycles. The van der Waals surface area contributed by atoms with E-state index in [0.29, 0.717) is 30.6 Å². The van der Waals surface area contributed by atoms with Gasteiger partial charge >= 0.3 is 6.18 Å². The fourth-order valence-electron chi connectivity index (χ4n) is 8.46. The van der Waals surface area contributed by atoms with Gasteiger partial charge in [0.15, 0.2) is 0 Å². The maximum atomic E-state index is 13.5. The van der Waals surface area contributed by atoms with Gasteiger partial charge in [-0.05, 0) is 79.4 Å². The number of hydrogen-bond donors (Lipinski definition) is 1. The van der Waals surface area contributed by atoms with E-state index >= 15 is 0 Å². The molecule has 32 heavy (non-hydrogen) atoms. The van der Waals surface area contributed by atoms with Crippen molar-refractivity contribution in [3.8, 4) is 0 Å². The second-order valence-corrected chi connectivity index (χ2v) is 11.9. The smallest absolute Gasteiger partial charge is 0.344 e. The summed E-state index contributed by atoms with van der Waals surface area (Å²) in [6.45, 7) is 7.53. The molecule has 3 aliphatic carbocycles. The van der Waals surface area contributed by atoms with Crippen molar-refractivity contribution in [1.82, 2.24) is 10.2 Å². The number of alkyl halides is 3. The van der Waals surface area contributed by atoms with Gasteiger partial charge in [-0.2, -0.15) is 13.2 Å². The first kappa shape index (κ1) is 23.9. The van der Waals surface area contributed by atoms with Crippen molar-refractivity contribution >= 4 is 11.8 Å². The van der Waals surface area contributed by atoms with Crippen LogP contribution in [-0.4, -0.2) is 42.0 Å². The van der Waals surface area contributed by atoms with Crippen molar-refractivity contribution in [2.45, 2.75) is 97.3 Å². The second kappa shape index (κ2) is 7.90. The average molecular weight is 457 g/mol. The summed E-state index contributed by atoms with van der Waals surface area (Å²) >= 11 is 0. The van der Waals surface area contributed by atoms with Crippen molar-refractivity contribution in [2.75, 3.05) is 7.05 Å². The number of nitrogens with zero attached hydrogens (tertiary/aromatic N) is 1. The van der Waals surface area contributed by atoms with Gasteiger partial charge in [-0.1, -0.05) is 27.7 Å². The van der Waals surface area contributed by atoms with Gasteiger partial charge in [-0.3, -0.25) is 9.59 Å². The molecule has 4 fully saturated rings. The molecule has 0 aromatic rings. The lowest BCUT2D eigenvalue weighted by atomic mass is 9.47. The van der Waals surface area contributed by atoms with Gasteiger partial charge in [0.1, 0.15) is 6.04 Å². The minimum Gasteiger partial charge on any atom is -0.344 e. The number of piperidine rings is 1. The lowest BCUT2D eigenvalue weighted by molar-refractivity contribution is -0.173.